The highest BCUT2D eigenvalue weighted by Gasteiger charge is 2.34. The molecule has 0 spiro atoms. The summed E-state index contributed by atoms with van der Waals surface area (Å²) in [6.07, 6.45) is 0.131. The van der Waals surface area contributed by atoms with Crippen LogP contribution in [0.15, 0.2) is 12.1 Å². The molecule has 2 atom stereocenters. The summed E-state index contributed by atoms with van der Waals surface area (Å²) in [4.78, 5) is 22.8. The Kier molecular flexibility index (Phi) is 5.19. The zero-order valence-corrected chi connectivity index (χ0v) is 13.3. The van der Waals surface area contributed by atoms with E-state index in [4.69, 9.17) is 9.84 Å². The van der Waals surface area contributed by atoms with Gasteiger partial charge in [-0.25, -0.2) is 4.79 Å². The van der Waals surface area contributed by atoms with Gasteiger partial charge in [-0.3, -0.25) is 4.79 Å². The van der Waals surface area contributed by atoms with Crippen molar-refractivity contribution in [1.82, 2.24) is 5.32 Å². The highest BCUT2D eigenvalue weighted by molar-refractivity contribution is 5.82. The van der Waals surface area contributed by atoms with Gasteiger partial charge in [-0.1, -0.05) is 17.7 Å². The molecule has 2 N–H and O–H groups in total. The van der Waals surface area contributed by atoms with Crippen molar-refractivity contribution in [2.75, 3.05) is 6.54 Å². The minimum Gasteiger partial charge on any atom is -0.479 e. The number of benzene rings is 1. The van der Waals surface area contributed by atoms with Crippen LogP contribution in [0, 0.1) is 20.8 Å². The van der Waals surface area contributed by atoms with Crippen molar-refractivity contribution in [3.05, 3.63) is 34.4 Å². The number of hydrogen-bond donors (Lipinski definition) is 2. The van der Waals surface area contributed by atoms with Crippen LogP contribution in [0.2, 0.25) is 0 Å². The Bertz CT molecular complexity index is 559. The van der Waals surface area contributed by atoms with Gasteiger partial charge in [0.05, 0.1) is 0 Å². The average molecular weight is 305 g/mol. The van der Waals surface area contributed by atoms with Crippen LogP contribution in [-0.4, -0.2) is 35.7 Å². The number of ether oxygens (including phenoxy) is 1. The maximum atomic E-state index is 12.0. The van der Waals surface area contributed by atoms with E-state index < -0.39 is 18.2 Å². The van der Waals surface area contributed by atoms with Crippen molar-refractivity contribution >= 4 is 11.9 Å². The van der Waals surface area contributed by atoms with Crippen molar-refractivity contribution < 1.29 is 19.4 Å². The van der Waals surface area contributed by atoms with Gasteiger partial charge < -0.3 is 15.2 Å². The lowest BCUT2D eigenvalue weighted by atomic mass is 9.97. The second-order valence-electron chi connectivity index (χ2n) is 5.95. The summed E-state index contributed by atoms with van der Waals surface area (Å²) in [5, 5.41) is 11.7. The Morgan fingerprint density at radius 1 is 1.18 bits per heavy atom. The minimum atomic E-state index is -0.999. The van der Waals surface area contributed by atoms with Crippen LogP contribution in [0.4, 0.5) is 0 Å². The van der Waals surface area contributed by atoms with Crippen LogP contribution >= 0.6 is 0 Å². The van der Waals surface area contributed by atoms with E-state index in [-0.39, 0.29) is 5.91 Å². The predicted octanol–water partition coefficient (Wildman–Crippen LogP) is 1.90. The van der Waals surface area contributed by atoms with Crippen molar-refractivity contribution in [3.8, 4) is 0 Å². The highest BCUT2D eigenvalue weighted by atomic mass is 16.5. The van der Waals surface area contributed by atoms with Crippen LogP contribution in [0.5, 0.6) is 0 Å². The van der Waals surface area contributed by atoms with Crippen LogP contribution in [-0.2, 0) is 20.7 Å². The quantitative estimate of drug-likeness (QED) is 0.871. The molecule has 0 radical (unpaired) electrons. The first-order chi connectivity index (χ1) is 10.4. The molecule has 1 aliphatic rings. The summed E-state index contributed by atoms with van der Waals surface area (Å²) in [5.74, 6) is -1.22. The zero-order chi connectivity index (χ0) is 16.3. The van der Waals surface area contributed by atoms with Crippen LogP contribution < -0.4 is 5.32 Å². The lowest BCUT2D eigenvalue weighted by Crippen LogP contribution is -2.36. The zero-order valence-electron chi connectivity index (χ0n) is 13.3. The number of carboxylic acid groups (broad SMARTS) is 1. The number of aryl methyl sites for hydroxylation is 3. The van der Waals surface area contributed by atoms with Gasteiger partial charge in [-0.05, 0) is 56.7 Å². The molecule has 120 valence electrons. The molecule has 1 amide bonds. The molecule has 1 aromatic carbocycles. The van der Waals surface area contributed by atoms with Gasteiger partial charge in [0.1, 0.15) is 6.10 Å². The molecular formula is C17H23NO4. The maximum Gasteiger partial charge on any atom is 0.332 e. The second-order valence-corrected chi connectivity index (χ2v) is 5.95. The first-order valence-corrected chi connectivity index (χ1v) is 7.61. The van der Waals surface area contributed by atoms with E-state index in [0.717, 1.165) is 6.42 Å². The summed E-state index contributed by atoms with van der Waals surface area (Å²) in [7, 11) is 0. The van der Waals surface area contributed by atoms with Gasteiger partial charge in [0, 0.05) is 6.54 Å². The molecule has 0 saturated carbocycles. The lowest BCUT2D eigenvalue weighted by Gasteiger charge is -2.14. The predicted molar refractivity (Wildman–Crippen MR) is 82.9 cm³/mol. The Hall–Kier alpha value is -1.88. The second kappa shape index (κ2) is 6.92. The van der Waals surface area contributed by atoms with Crippen molar-refractivity contribution in [2.24, 2.45) is 0 Å². The molecule has 1 aromatic rings. The Morgan fingerprint density at radius 3 is 2.32 bits per heavy atom. The largest absolute Gasteiger partial charge is 0.479 e. The molecule has 5 heteroatoms. The van der Waals surface area contributed by atoms with E-state index in [1.54, 1.807) is 0 Å². The number of amides is 1. The van der Waals surface area contributed by atoms with Gasteiger partial charge in [0.25, 0.3) is 0 Å². The van der Waals surface area contributed by atoms with Crippen LogP contribution in [0.3, 0.4) is 0 Å². The first-order valence-electron chi connectivity index (χ1n) is 7.61. The monoisotopic (exact) mass is 305 g/mol. The molecule has 1 aliphatic heterocycles. The van der Waals surface area contributed by atoms with E-state index in [9.17, 15) is 9.59 Å². The average Bonchev–Trinajstić information content (AvgIpc) is 2.91. The number of nitrogens with one attached hydrogen (secondary N) is 1. The van der Waals surface area contributed by atoms with Crippen LogP contribution in [0.25, 0.3) is 0 Å². The molecule has 5 nitrogen and oxygen atoms in total. The fraction of sp³-hybridized carbons (Fsp3) is 0.529. The third-order valence-electron chi connectivity index (χ3n) is 4.10. The number of carbonyl (C=O) groups is 2. The molecule has 1 heterocycles. The van der Waals surface area contributed by atoms with Crippen molar-refractivity contribution in [3.63, 3.8) is 0 Å². The SMILES string of the molecule is Cc1cc(C)c(CCNC(=O)[C@@H]2CC[C@H](C(=O)O)O2)c(C)c1. The molecular weight excluding hydrogens is 282 g/mol. The fourth-order valence-corrected chi connectivity index (χ4v) is 3.04. The van der Waals surface area contributed by atoms with E-state index in [1.807, 2.05) is 0 Å². The minimum absolute atomic E-state index is 0.217. The summed E-state index contributed by atoms with van der Waals surface area (Å²) >= 11 is 0. The molecule has 0 aromatic heterocycles. The van der Waals surface area contributed by atoms with Crippen molar-refractivity contribution in [1.29, 1.82) is 0 Å². The molecule has 0 aliphatic carbocycles. The Morgan fingerprint density at radius 2 is 1.77 bits per heavy atom. The normalized spacial score (nSPS) is 20.9. The van der Waals surface area contributed by atoms with Gasteiger partial charge >= 0.3 is 5.97 Å². The highest BCUT2D eigenvalue weighted by Crippen LogP contribution is 2.20. The third kappa shape index (κ3) is 3.85. The van der Waals surface area contributed by atoms with Gasteiger partial charge in [0.15, 0.2) is 6.10 Å². The van der Waals surface area contributed by atoms with Gasteiger partial charge in [-0.15, -0.1) is 0 Å². The van der Waals surface area contributed by atoms with E-state index in [1.165, 1.54) is 22.3 Å². The third-order valence-corrected chi connectivity index (χ3v) is 4.10. The smallest absolute Gasteiger partial charge is 0.332 e. The Labute approximate surface area is 130 Å². The molecule has 22 heavy (non-hydrogen) atoms. The van der Waals surface area contributed by atoms with Gasteiger partial charge in [-0.2, -0.15) is 0 Å². The maximum absolute atomic E-state index is 12.0. The standard InChI is InChI=1S/C17H23NO4/c1-10-8-11(2)13(12(3)9-10)6-7-18-16(19)14-4-5-15(22-14)17(20)21/h8-9,14-15H,4-7H2,1-3H3,(H,18,19)(H,20,21)/t14-,15+/m0/s1. The number of carboxylic acids is 1. The molecule has 2 rings (SSSR count). The van der Waals surface area contributed by atoms with Crippen molar-refractivity contribution in [2.45, 2.75) is 52.2 Å². The van der Waals surface area contributed by atoms with E-state index in [2.05, 4.69) is 38.2 Å². The first kappa shape index (κ1) is 16.5. The summed E-state index contributed by atoms with van der Waals surface area (Å²) in [6, 6.07) is 4.28. The fourth-order valence-electron chi connectivity index (χ4n) is 3.04. The van der Waals surface area contributed by atoms with E-state index >= 15 is 0 Å². The number of hydrogen-bond acceptors (Lipinski definition) is 3. The lowest BCUT2D eigenvalue weighted by molar-refractivity contribution is -0.151. The summed E-state index contributed by atoms with van der Waals surface area (Å²) < 4.78 is 5.24. The number of aliphatic carboxylic acids is 1. The molecule has 0 bridgehead atoms. The molecule has 1 saturated heterocycles. The van der Waals surface area contributed by atoms with Crippen LogP contribution in [0.1, 0.15) is 35.1 Å². The summed E-state index contributed by atoms with van der Waals surface area (Å²) in [6.45, 7) is 6.76. The molecule has 1 fully saturated rings. The Balaban J connectivity index is 1.84. The topological polar surface area (TPSA) is 75.6 Å². The number of carbonyl (C=O) groups excluding carboxylic acids is 1. The molecule has 0 unspecified atom stereocenters. The van der Waals surface area contributed by atoms with E-state index in [0.29, 0.717) is 19.4 Å². The number of rotatable bonds is 5. The summed E-state index contributed by atoms with van der Waals surface area (Å²) in [5.41, 5.74) is 4.95. The van der Waals surface area contributed by atoms with Gasteiger partial charge in [0.2, 0.25) is 5.91 Å².